The molecule has 2 atom stereocenters. The smallest absolute Gasteiger partial charge is 0.306 e. The van der Waals surface area contributed by atoms with Gasteiger partial charge in [-0.25, -0.2) is 0 Å². The highest BCUT2D eigenvalue weighted by Gasteiger charge is 2.19. The Kier molecular flexibility index (Phi) is 45.2. The first kappa shape index (κ1) is 59.4. The van der Waals surface area contributed by atoms with Crippen LogP contribution in [-0.2, 0) is 28.6 Å². The average Bonchev–Trinajstić information content (AvgIpc) is 3.23. The monoisotopic (exact) mass is 863 g/mol. The van der Waals surface area contributed by atoms with E-state index >= 15 is 0 Å². The molecule has 362 valence electrons. The van der Waals surface area contributed by atoms with Gasteiger partial charge in [0.25, 0.3) is 0 Å². The molecular formula is C55H106O6. The molecule has 6 nitrogen and oxygen atoms in total. The molecule has 0 aromatic rings. The van der Waals surface area contributed by atoms with E-state index in [9.17, 15) is 14.4 Å². The lowest BCUT2D eigenvalue weighted by molar-refractivity contribution is -0.167. The summed E-state index contributed by atoms with van der Waals surface area (Å²) in [7, 11) is 0. The van der Waals surface area contributed by atoms with Crippen LogP contribution in [0.4, 0.5) is 0 Å². The van der Waals surface area contributed by atoms with Crippen molar-refractivity contribution in [1.29, 1.82) is 0 Å². The molecule has 0 bridgehead atoms. The fraction of sp³-hybridized carbons (Fsp3) is 0.945. The Morgan fingerprint density at radius 3 is 0.852 bits per heavy atom. The van der Waals surface area contributed by atoms with Crippen LogP contribution in [0.1, 0.15) is 298 Å². The maximum Gasteiger partial charge on any atom is 0.306 e. The fourth-order valence-electron chi connectivity index (χ4n) is 8.26. The molecule has 1 unspecified atom stereocenters. The molecular weight excluding hydrogens is 757 g/mol. The summed E-state index contributed by atoms with van der Waals surface area (Å²) in [5.41, 5.74) is 0. The van der Waals surface area contributed by atoms with Crippen molar-refractivity contribution in [3.63, 3.8) is 0 Å². The summed E-state index contributed by atoms with van der Waals surface area (Å²) in [5, 5.41) is 0. The first-order valence-corrected chi connectivity index (χ1v) is 27.1. The van der Waals surface area contributed by atoms with E-state index in [0.717, 1.165) is 75.5 Å². The summed E-state index contributed by atoms with van der Waals surface area (Å²) in [4.78, 5) is 38.0. The third kappa shape index (κ3) is 47.7. The number of carbonyl (C=O) groups excluding carboxylic acids is 3. The molecule has 61 heavy (non-hydrogen) atoms. The highest BCUT2D eigenvalue weighted by Crippen LogP contribution is 2.18. The number of ether oxygens (including phenoxy) is 3. The van der Waals surface area contributed by atoms with Gasteiger partial charge in [-0.15, -0.1) is 0 Å². The molecule has 0 fully saturated rings. The van der Waals surface area contributed by atoms with Crippen molar-refractivity contribution in [2.75, 3.05) is 13.2 Å². The van der Waals surface area contributed by atoms with E-state index in [1.165, 1.54) is 180 Å². The Balaban J connectivity index is 4.32. The lowest BCUT2D eigenvalue weighted by atomic mass is 9.99. The first-order chi connectivity index (χ1) is 29.6. The second kappa shape index (κ2) is 46.4. The van der Waals surface area contributed by atoms with Crippen molar-refractivity contribution in [1.82, 2.24) is 0 Å². The molecule has 0 heterocycles. The number of rotatable bonds is 48. The third-order valence-corrected chi connectivity index (χ3v) is 12.8. The maximum atomic E-state index is 12.8. The van der Waals surface area contributed by atoms with Crippen molar-refractivity contribution < 1.29 is 28.6 Å². The Morgan fingerprint density at radius 1 is 0.328 bits per heavy atom. The van der Waals surface area contributed by atoms with E-state index < -0.39 is 6.10 Å². The van der Waals surface area contributed by atoms with E-state index in [-0.39, 0.29) is 31.1 Å². The van der Waals surface area contributed by atoms with Gasteiger partial charge in [-0.05, 0) is 37.0 Å². The molecule has 0 aromatic carbocycles. The predicted octanol–water partition coefficient (Wildman–Crippen LogP) is 17.6. The molecule has 0 aliphatic heterocycles. The van der Waals surface area contributed by atoms with Crippen LogP contribution in [0.5, 0.6) is 0 Å². The summed E-state index contributed by atoms with van der Waals surface area (Å²) < 4.78 is 16.8. The zero-order valence-corrected chi connectivity index (χ0v) is 42.0. The van der Waals surface area contributed by atoms with Gasteiger partial charge in [0.2, 0.25) is 0 Å². The Bertz CT molecular complexity index is 947. The Hall–Kier alpha value is -1.59. The van der Waals surface area contributed by atoms with Crippen molar-refractivity contribution in [2.24, 2.45) is 17.8 Å². The molecule has 0 spiro atoms. The number of carbonyl (C=O) groups is 3. The third-order valence-electron chi connectivity index (χ3n) is 12.8. The molecule has 6 heteroatoms. The largest absolute Gasteiger partial charge is 0.462 e. The second-order valence-corrected chi connectivity index (χ2v) is 20.1. The Morgan fingerprint density at radius 2 is 0.574 bits per heavy atom. The number of hydrogen-bond donors (Lipinski definition) is 0. The predicted molar refractivity (Wildman–Crippen MR) is 261 cm³/mol. The molecule has 0 radical (unpaired) electrons. The van der Waals surface area contributed by atoms with E-state index in [1.807, 2.05) is 0 Å². The van der Waals surface area contributed by atoms with Crippen molar-refractivity contribution in [2.45, 2.75) is 304 Å². The van der Waals surface area contributed by atoms with Crippen LogP contribution in [0.3, 0.4) is 0 Å². The van der Waals surface area contributed by atoms with Crippen molar-refractivity contribution >= 4 is 17.9 Å². The maximum absolute atomic E-state index is 12.8. The number of esters is 3. The van der Waals surface area contributed by atoms with E-state index in [4.69, 9.17) is 14.2 Å². The first-order valence-electron chi connectivity index (χ1n) is 27.1. The van der Waals surface area contributed by atoms with Gasteiger partial charge in [-0.2, -0.15) is 0 Å². The zero-order valence-electron chi connectivity index (χ0n) is 42.0. The number of hydrogen-bond acceptors (Lipinski definition) is 6. The summed E-state index contributed by atoms with van der Waals surface area (Å²) >= 11 is 0. The minimum absolute atomic E-state index is 0.0644. The summed E-state index contributed by atoms with van der Waals surface area (Å²) in [6.07, 6.45) is 46.5. The van der Waals surface area contributed by atoms with Gasteiger partial charge in [0.15, 0.2) is 6.10 Å². The summed E-state index contributed by atoms with van der Waals surface area (Å²) in [6, 6.07) is 0. The molecule has 0 saturated heterocycles. The van der Waals surface area contributed by atoms with E-state index in [2.05, 4.69) is 41.5 Å². The fourth-order valence-corrected chi connectivity index (χ4v) is 8.26. The van der Waals surface area contributed by atoms with Crippen LogP contribution >= 0.6 is 0 Å². The van der Waals surface area contributed by atoms with Crippen LogP contribution in [0.2, 0.25) is 0 Å². The molecule has 0 N–H and O–H groups in total. The summed E-state index contributed by atoms with van der Waals surface area (Å²) in [5.74, 6) is 1.67. The van der Waals surface area contributed by atoms with Crippen LogP contribution in [0.15, 0.2) is 0 Å². The number of unbranched alkanes of at least 4 members (excludes halogenated alkanes) is 30. The normalized spacial score (nSPS) is 12.6. The molecule has 0 saturated carbocycles. The van der Waals surface area contributed by atoms with Gasteiger partial charge in [0.05, 0.1) is 0 Å². The quantitative estimate of drug-likeness (QED) is 0.0344. The van der Waals surface area contributed by atoms with Gasteiger partial charge in [0.1, 0.15) is 13.2 Å². The highest BCUT2D eigenvalue weighted by atomic mass is 16.6. The minimum atomic E-state index is -0.763. The Labute approximate surface area is 380 Å². The molecule has 0 aliphatic rings. The second-order valence-electron chi connectivity index (χ2n) is 20.1. The molecule has 0 amide bonds. The SMILES string of the molecule is CCC(C)CCCCCCCCCCC(=O)OC[C@@H](COC(=O)CCCCCCCCCCCCCCCC(C)C)OC(=O)CCCCCCCCCCCCCCC(C)C. The average molecular weight is 863 g/mol. The molecule has 0 aromatic heterocycles. The standard InChI is InChI=1S/C55H106O6/c1-7-51(6)43-37-31-25-21-22-27-33-39-45-54(57)60-48-52(61-55(58)46-40-34-28-20-16-12-11-14-18-24-30-36-42-50(4)5)47-59-53(56)44-38-32-26-19-15-10-8-9-13-17-23-29-35-41-49(2)3/h49-52H,7-48H2,1-6H3/t51?,52-/m1/s1. The van der Waals surface area contributed by atoms with Crippen LogP contribution in [0.25, 0.3) is 0 Å². The van der Waals surface area contributed by atoms with Gasteiger partial charge >= 0.3 is 17.9 Å². The lowest BCUT2D eigenvalue weighted by Crippen LogP contribution is -2.30. The topological polar surface area (TPSA) is 78.9 Å². The van der Waals surface area contributed by atoms with Gasteiger partial charge < -0.3 is 14.2 Å². The van der Waals surface area contributed by atoms with E-state index in [1.54, 1.807) is 0 Å². The van der Waals surface area contributed by atoms with Crippen LogP contribution in [-0.4, -0.2) is 37.2 Å². The van der Waals surface area contributed by atoms with Gasteiger partial charge in [0, 0.05) is 19.3 Å². The summed E-state index contributed by atoms with van der Waals surface area (Å²) in [6.45, 7) is 13.7. The van der Waals surface area contributed by atoms with Crippen LogP contribution in [0, 0.1) is 17.8 Å². The van der Waals surface area contributed by atoms with Crippen molar-refractivity contribution in [3.05, 3.63) is 0 Å². The highest BCUT2D eigenvalue weighted by molar-refractivity contribution is 5.71. The zero-order chi connectivity index (χ0) is 44.9. The van der Waals surface area contributed by atoms with Gasteiger partial charge in [-0.3, -0.25) is 14.4 Å². The minimum Gasteiger partial charge on any atom is -0.462 e. The van der Waals surface area contributed by atoms with E-state index in [0.29, 0.717) is 19.3 Å². The lowest BCUT2D eigenvalue weighted by Gasteiger charge is -2.18. The molecule has 0 aliphatic carbocycles. The molecule has 0 rings (SSSR count). The van der Waals surface area contributed by atoms with Crippen molar-refractivity contribution in [3.8, 4) is 0 Å². The van der Waals surface area contributed by atoms with Gasteiger partial charge in [-0.1, -0.05) is 260 Å². The van der Waals surface area contributed by atoms with Crippen LogP contribution < -0.4 is 0 Å².